The third kappa shape index (κ3) is 5.87. The van der Waals surface area contributed by atoms with Gasteiger partial charge in [0.1, 0.15) is 17.2 Å². The molecule has 6 nitrogen and oxygen atoms in total. The summed E-state index contributed by atoms with van der Waals surface area (Å²) in [5.74, 6) is 0.986. The van der Waals surface area contributed by atoms with Crippen LogP contribution in [0.15, 0.2) is 48.5 Å². The van der Waals surface area contributed by atoms with Crippen LogP contribution in [-0.2, 0) is 9.53 Å². The maximum atomic E-state index is 12.4. The summed E-state index contributed by atoms with van der Waals surface area (Å²) >= 11 is 0. The number of benzene rings is 2. The molecule has 0 radical (unpaired) electrons. The van der Waals surface area contributed by atoms with Gasteiger partial charge in [-0.1, -0.05) is 0 Å². The van der Waals surface area contributed by atoms with Crippen molar-refractivity contribution < 1.29 is 28.5 Å². The first kappa shape index (κ1) is 21.0. The summed E-state index contributed by atoms with van der Waals surface area (Å²) in [5, 5.41) is 0. The van der Waals surface area contributed by atoms with Crippen molar-refractivity contribution in [2.75, 3.05) is 20.8 Å². The maximum absolute atomic E-state index is 12.4. The number of ketones is 1. The van der Waals surface area contributed by atoms with E-state index in [4.69, 9.17) is 18.9 Å². The lowest BCUT2D eigenvalue weighted by atomic mass is 10.1. The zero-order valence-corrected chi connectivity index (χ0v) is 16.4. The van der Waals surface area contributed by atoms with Crippen molar-refractivity contribution >= 4 is 17.8 Å². The van der Waals surface area contributed by atoms with Crippen LogP contribution in [0, 0.1) is 0 Å². The Hall–Kier alpha value is -3.28. The van der Waals surface area contributed by atoms with Crippen molar-refractivity contribution in [1.82, 2.24) is 0 Å². The van der Waals surface area contributed by atoms with Gasteiger partial charge in [-0.15, -0.1) is 0 Å². The summed E-state index contributed by atoms with van der Waals surface area (Å²) in [4.78, 5) is 24.5. The second-order valence-electron chi connectivity index (χ2n) is 5.88. The third-order valence-corrected chi connectivity index (χ3v) is 3.90. The van der Waals surface area contributed by atoms with Crippen molar-refractivity contribution in [2.24, 2.45) is 0 Å². The molecule has 0 N–H and O–H groups in total. The van der Waals surface area contributed by atoms with Gasteiger partial charge in [-0.2, -0.15) is 0 Å². The van der Waals surface area contributed by atoms with Crippen LogP contribution in [0.1, 0.15) is 29.8 Å². The van der Waals surface area contributed by atoms with Gasteiger partial charge in [0, 0.05) is 17.7 Å². The average molecular weight is 384 g/mol. The molecule has 0 aromatic heterocycles. The number of hydrogen-bond acceptors (Lipinski definition) is 6. The zero-order chi connectivity index (χ0) is 20.5. The number of ether oxygens (including phenoxy) is 4. The summed E-state index contributed by atoms with van der Waals surface area (Å²) in [6, 6.07) is 11.9. The topological polar surface area (TPSA) is 71.1 Å². The highest BCUT2D eigenvalue weighted by atomic mass is 16.5. The Kier molecular flexibility index (Phi) is 7.63. The fourth-order valence-electron chi connectivity index (χ4n) is 2.47. The molecule has 0 heterocycles. The van der Waals surface area contributed by atoms with Gasteiger partial charge in [0.25, 0.3) is 0 Å². The first-order valence-corrected chi connectivity index (χ1v) is 8.85. The van der Waals surface area contributed by atoms with E-state index in [0.29, 0.717) is 35.0 Å². The van der Waals surface area contributed by atoms with Gasteiger partial charge in [0.15, 0.2) is 6.10 Å². The molecule has 28 heavy (non-hydrogen) atoms. The standard InChI is InChI=1S/C22H24O6/c1-5-27-18-9-7-17(8-10-18)22(24)15(2)28-21(23)11-6-16-12-19(25-3)14-20(13-16)26-4/h6-15H,5H2,1-4H3/b11-6+/t15-/m1/s1. The van der Waals surface area contributed by atoms with Gasteiger partial charge in [0.05, 0.1) is 20.8 Å². The monoisotopic (exact) mass is 384 g/mol. The molecule has 0 saturated carbocycles. The molecule has 6 heteroatoms. The van der Waals surface area contributed by atoms with Gasteiger partial charge in [-0.05, 0) is 61.9 Å². The first-order valence-electron chi connectivity index (χ1n) is 8.85. The number of Topliss-reactive ketones (excluding diaryl/α,β-unsaturated/α-hetero) is 1. The highest BCUT2D eigenvalue weighted by Gasteiger charge is 2.18. The van der Waals surface area contributed by atoms with Gasteiger partial charge in [-0.3, -0.25) is 4.79 Å². The second kappa shape index (κ2) is 10.2. The summed E-state index contributed by atoms with van der Waals surface area (Å²) in [6.07, 6.45) is 1.92. The minimum absolute atomic E-state index is 0.284. The summed E-state index contributed by atoms with van der Waals surface area (Å²) in [7, 11) is 3.09. The van der Waals surface area contributed by atoms with Crippen LogP contribution in [0.2, 0.25) is 0 Å². The van der Waals surface area contributed by atoms with Crippen LogP contribution >= 0.6 is 0 Å². The Bertz CT molecular complexity index is 816. The maximum Gasteiger partial charge on any atom is 0.331 e. The molecule has 0 fully saturated rings. The van der Waals surface area contributed by atoms with Crippen LogP contribution in [0.25, 0.3) is 6.08 Å². The van der Waals surface area contributed by atoms with Crippen molar-refractivity contribution in [2.45, 2.75) is 20.0 Å². The quantitative estimate of drug-likeness (QED) is 0.371. The molecular weight excluding hydrogens is 360 g/mol. The van der Waals surface area contributed by atoms with E-state index in [1.54, 1.807) is 69.7 Å². The first-order chi connectivity index (χ1) is 13.5. The molecule has 0 aliphatic rings. The highest BCUT2D eigenvalue weighted by Crippen LogP contribution is 2.23. The molecule has 0 spiro atoms. The average Bonchev–Trinajstić information content (AvgIpc) is 2.72. The van der Waals surface area contributed by atoms with E-state index in [-0.39, 0.29) is 5.78 Å². The smallest absolute Gasteiger partial charge is 0.331 e. The molecule has 0 saturated heterocycles. The Balaban J connectivity index is 1.99. The molecule has 1 atom stereocenters. The number of hydrogen-bond donors (Lipinski definition) is 0. The number of methoxy groups -OCH3 is 2. The Morgan fingerprint density at radius 3 is 2.11 bits per heavy atom. The van der Waals surface area contributed by atoms with E-state index in [9.17, 15) is 9.59 Å². The van der Waals surface area contributed by atoms with Crippen LogP contribution in [0.4, 0.5) is 0 Å². The molecule has 2 aromatic carbocycles. The fourth-order valence-corrected chi connectivity index (χ4v) is 2.47. The number of esters is 1. The molecule has 0 amide bonds. The van der Waals surface area contributed by atoms with Crippen LogP contribution in [-0.4, -0.2) is 38.7 Å². The molecule has 0 aliphatic heterocycles. The number of rotatable bonds is 9. The molecule has 0 aliphatic carbocycles. The zero-order valence-electron chi connectivity index (χ0n) is 16.4. The normalized spacial score (nSPS) is 11.7. The van der Waals surface area contributed by atoms with Gasteiger partial charge in [-0.25, -0.2) is 4.79 Å². The number of carbonyl (C=O) groups excluding carboxylic acids is 2. The van der Waals surface area contributed by atoms with E-state index in [1.165, 1.54) is 6.08 Å². The SMILES string of the molecule is CCOc1ccc(C(=O)[C@@H](C)OC(=O)/C=C/c2cc(OC)cc(OC)c2)cc1. The lowest BCUT2D eigenvalue weighted by molar-refractivity contribution is -0.140. The summed E-state index contributed by atoms with van der Waals surface area (Å²) in [6.45, 7) is 3.97. The minimum Gasteiger partial charge on any atom is -0.497 e. The van der Waals surface area contributed by atoms with E-state index in [1.807, 2.05) is 6.92 Å². The molecule has 2 aromatic rings. The summed E-state index contributed by atoms with van der Waals surface area (Å²) < 4.78 is 20.9. The van der Waals surface area contributed by atoms with Crippen molar-refractivity contribution in [1.29, 1.82) is 0 Å². The molecule has 2 rings (SSSR count). The third-order valence-electron chi connectivity index (χ3n) is 3.90. The largest absolute Gasteiger partial charge is 0.497 e. The predicted molar refractivity (Wildman–Crippen MR) is 106 cm³/mol. The lowest BCUT2D eigenvalue weighted by Gasteiger charge is -2.11. The van der Waals surface area contributed by atoms with E-state index >= 15 is 0 Å². The van der Waals surface area contributed by atoms with Crippen LogP contribution < -0.4 is 14.2 Å². The Morgan fingerprint density at radius 1 is 0.964 bits per heavy atom. The Morgan fingerprint density at radius 2 is 1.57 bits per heavy atom. The summed E-state index contributed by atoms with van der Waals surface area (Å²) in [5.41, 5.74) is 1.16. The van der Waals surface area contributed by atoms with Crippen molar-refractivity contribution in [3.8, 4) is 17.2 Å². The number of carbonyl (C=O) groups is 2. The van der Waals surface area contributed by atoms with Crippen LogP contribution in [0.5, 0.6) is 17.2 Å². The predicted octanol–water partition coefficient (Wildman–Crippen LogP) is 3.93. The van der Waals surface area contributed by atoms with E-state index in [0.717, 1.165) is 0 Å². The molecule has 148 valence electrons. The fraction of sp³-hybridized carbons (Fsp3) is 0.273. The minimum atomic E-state index is -0.907. The molecule has 0 bridgehead atoms. The second-order valence-corrected chi connectivity index (χ2v) is 5.88. The lowest BCUT2D eigenvalue weighted by Crippen LogP contribution is -2.23. The van der Waals surface area contributed by atoms with Crippen molar-refractivity contribution in [3.05, 3.63) is 59.7 Å². The van der Waals surface area contributed by atoms with Gasteiger partial charge < -0.3 is 18.9 Å². The van der Waals surface area contributed by atoms with E-state index in [2.05, 4.69) is 0 Å². The molecule has 0 unspecified atom stereocenters. The van der Waals surface area contributed by atoms with Gasteiger partial charge in [0.2, 0.25) is 5.78 Å². The highest BCUT2D eigenvalue weighted by molar-refractivity contribution is 6.01. The Labute approximate surface area is 164 Å². The van der Waals surface area contributed by atoms with E-state index < -0.39 is 12.1 Å². The van der Waals surface area contributed by atoms with Gasteiger partial charge >= 0.3 is 5.97 Å². The molecular formula is C22H24O6. The van der Waals surface area contributed by atoms with Crippen molar-refractivity contribution in [3.63, 3.8) is 0 Å². The van der Waals surface area contributed by atoms with Crippen LogP contribution in [0.3, 0.4) is 0 Å².